The molecule has 0 saturated carbocycles. The summed E-state index contributed by atoms with van der Waals surface area (Å²) in [6.07, 6.45) is 0. The van der Waals surface area contributed by atoms with Gasteiger partial charge in [-0.15, -0.1) is 0 Å². The zero-order chi connectivity index (χ0) is 13.7. The monoisotopic (exact) mass is 250 g/mol. The molecule has 0 saturated heterocycles. The molecule has 0 atom stereocenters. The number of methoxy groups -OCH3 is 1. The number of rotatable bonds is 5. The molecule has 1 aromatic carbocycles. The smallest absolute Gasteiger partial charge is 0.253 e. The largest absolute Gasteiger partial charge is 0.383 e. The molecule has 18 heavy (non-hydrogen) atoms. The van der Waals surface area contributed by atoms with Crippen molar-refractivity contribution in [1.29, 1.82) is 0 Å². The average Bonchev–Trinajstić information content (AvgIpc) is 2.34. The molecule has 2 amide bonds. The Hall–Kier alpha value is -1.88. The summed E-state index contributed by atoms with van der Waals surface area (Å²) >= 11 is 0. The van der Waals surface area contributed by atoms with Crippen molar-refractivity contribution in [3.05, 3.63) is 34.9 Å². The Morgan fingerprint density at radius 2 is 1.89 bits per heavy atom. The summed E-state index contributed by atoms with van der Waals surface area (Å²) in [6.45, 7) is 2.78. The minimum atomic E-state index is -0.535. The summed E-state index contributed by atoms with van der Waals surface area (Å²) in [7, 11) is 3.27. The quantitative estimate of drug-likeness (QED) is 0.840. The second kappa shape index (κ2) is 6.16. The molecule has 0 aliphatic heterocycles. The van der Waals surface area contributed by atoms with E-state index in [0.717, 1.165) is 5.56 Å². The predicted molar refractivity (Wildman–Crippen MR) is 68.5 cm³/mol. The van der Waals surface area contributed by atoms with Gasteiger partial charge >= 0.3 is 0 Å². The summed E-state index contributed by atoms with van der Waals surface area (Å²) in [5, 5.41) is 0. The SMILES string of the molecule is COCCN(C)C(=O)c1cc(C)cc(C(N)=O)c1. The molecule has 1 rings (SSSR count). The minimum absolute atomic E-state index is 0.154. The molecule has 0 bridgehead atoms. The highest BCUT2D eigenvalue weighted by atomic mass is 16.5. The van der Waals surface area contributed by atoms with Crippen molar-refractivity contribution in [1.82, 2.24) is 4.90 Å². The highest BCUT2D eigenvalue weighted by Gasteiger charge is 2.13. The van der Waals surface area contributed by atoms with E-state index in [1.807, 2.05) is 6.92 Å². The Morgan fingerprint density at radius 3 is 2.44 bits per heavy atom. The number of carbonyl (C=O) groups is 2. The van der Waals surface area contributed by atoms with Gasteiger partial charge in [0.25, 0.3) is 5.91 Å². The summed E-state index contributed by atoms with van der Waals surface area (Å²) < 4.78 is 4.92. The van der Waals surface area contributed by atoms with Crippen molar-refractivity contribution in [3.63, 3.8) is 0 Å². The van der Waals surface area contributed by atoms with Gasteiger partial charge < -0.3 is 15.4 Å². The molecule has 5 heteroatoms. The lowest BCUT2D eigenvalue weighted by Crippen LogP contribution is -2.30. The Morgan fingerprint density at radius 1 is 1.28 bits per heavy atom. The molecule has 0 spiro atoms. The van der Waals surface area contributed by atoms with Crippen LogP contribution in [0.3, 0.4) is 0 Å². The van der Waals surface area contributed by atoms with Gasteiger partial charge in [0.05, 0.1) is 6.61 Å². The van der Waals surface area contributed by atoms with Crippen molar-refractivity contribution >= 4 is 11.8 Å². The molecular weight excluding hydrogens is 232 g/mol. The van der Waals surface area contributed by atoms with E-state index in [0.29, 0.717) is 24.3 Å². The van der Waals surface area contributed by atoms with Crippen LogP contribution < -0.4 is 5.73 Å². The van der Waals surface area contributed by atoms with Gasteiger partial charge in [0.1, 0.15) is 0 Å². The molecule has 1 aromatic rings. The third kappa shape index (κ3) is 3.56. The number of benzene rings is 1. The maximum atomic E-state index is 12.1. The van der Waals surface area contributed by atoms with Crippen molar-refractivity contribution < 1.29 is 14.3 Å². The Kier molecular flexibility index (Phi) is 4.85. The predicted octanol–water partition coefficient (Wildman–Crippen LogP) is 0.812. The van der Waals surface area contributed by atoms with E-state index in [9.17, 15) is 9.59 Å². The van der Waals surface area contributed by atoms with Crippen molar-refractivity contribution in [2.24, 2.45) is 5.73 Å². The van der Waals surface area contributed by atoms with Gasteiger partial charge in [0.15, 0.2) is 0 Å². The van der Waals surface area contributed by atoms with Crippen LogP contribution in [-0.2, 0) is 4.74 Å². The van der Waals surface area contributed by atoms with Gasteiger partial charge in [-0.3, -0.25) is 9.59 Å². The van der Waals surface area contributed by atoms with Gasteiger partial charge in [-0.25, -0.2) is 0 Å². The molecule has 2 N–H and O–H groups in total. The van der Waals surface area contributed by atoms with E-state index in [-0.39, 0.29) is 5.91 Å². The average molecular weight is 250 g/mol. The van der Waals surface area contributed by atoms with Crippen molar-refractivity contribution in [2.75, 3.05) is 27.3 Å². The fourth-order valence-electron chi connectivity index (χ4n) is 1.60. The van der Waals surface area contributed by atoms with E-state index in [2.05, 4.69) is 0 Å². The number of primary amides is 1. The molecule has 0 heterocycles. The first kappa shape index (κ1) is 14.2. The van der Waals surface area contributed by atoms with Crippen LogP contribution in [0.15, 0.2) is 18.2 Å². The molecule has 0 unspecified atom stereocenters. The first-order valence-corrected chi connectivity index (χ1v) is 5.61. The van der Waals surface area contributed by atoms with Crippen LogP contribution in [0, 0.1) is 6.92 Å². The third-order valence-corrected chi connectivity index (χ3v) is 2.59. The number of nitrogens with zero attached hydrogens (tertiary/aromatic N) is 1. The Labute approximate surface area is 107 Å². The fourth-order valence-corrected chi connectivity index (χ4v) is 1.60. The fraction of sp³-hybridized carbons (Fsp3) is 0.385. The lowest BCUT2D eigenvalue weighted by Gasteiger charge is -2.17. The van der Waals surface area contributed by atoms with E-state index in [4.69, 9.17) is 10.5 Å². The lowest BCUT2D eigenvalue weighted by atomic mass is 10.1. The highest BCUT2D eigenvalue weighted by molar-refractivity contribution is 5.99. The molecule has 98 valence electrons. The summed E-state index contributed by atoms with van der Waals surface area (Å²) in [5.74, 6) is -0.689. The highest BCUT2D eigenvalue weighted by Crippen LogP contribution is 2.11. The van der Waals surface area contributed by atoms with E-state index in [1.165, 1.54) is 6.07 Å². The van der Waals surface area contributed by atoms with Crippen LogP contribution in [0.2, 0.25) is 0 Å². The number of hydrogen-bond donors (Lipinski definition) is 1. The van der Waals surface area contributed by atoms with Crippen LogP contribution in [0.25, 0.3) is 0 Å². The molecule has 0 fully saturated rings. The van der Waals surface area contributed by atoms with Gasteiger partial charge in [0.2, 0.25) is 5.91 Å². The Balaban J connectivity index is 2.95. The first-order valence-electron chi connectivity index (χ1n) is 5.61. The first-order chi connectivity index (χ1) is 8.45. The van der Waals surface area contributed by atoms with Gasteiger partial charge in [-0.2, -0.15) is 0 Å². The maximum absolute atomic E-state index is 12.1. The van der Waals surface area contributed by atoms with Crippen LogP contribution in [-0.4, -0.2) is 44.0 Å². The maximum Gasteiger partial charge on any atom is 0.253 e. The molecule has 0 aromatic heterocycles. The van der Waals surface area contributed by atoms with E-state index < -0.39 is 5.91 Å². The molecule has 0 aliphatic rings. The number of amides is 2. The van der Waals surface area contributed by atoms with Crippen molar-refractivity contribution in [3.8, 4) is 0 Å². The second-order valence-electron chi connectivity index (χ2n) is 4.17. The normalized spacial score (nSPS) is 10.2. The molecule has 5 nitrogen and oxygen atoms in total. The lowest BCUT2D eigenvalue weighted by molar-refractivity contribution is 0.0744. The van der Waals surface area contributed by atoms with E-state index in [1.54, 1.807) is 31.2 Å². The minimum Gasteiger partial charge on any atom is -0.383 e. The van der Waals surface area contributed by atoms with Crippen LogP contribution in [0.4, 0.5) is 0 Å². The number of ether oxygens (including phenoxy) is 1. The zero-order valence-electron chi connectivity index (χ0n) is 10.9. The van der Waals surface area contributed by atoms with Crippen LogP contribution >= 0.6 is 0 Å². The number of carbonyl (C=O) groups excluding carboxylic acids is 2. The number of aryl methyl sites for hydroxylation is 1. The second-order valence-corrected chi connectivity index (χ2v) is 4.17. The Bertz CT molecular complexity index is 458. The molecule has 0 aliphatic carbocycles. The van der Waals surface area contributed by atoms with Gasteiger partial charge in [-0.1, -0.05) is 0 Å². The van der Waals surface area contributed by atoms with Crippen LogP contribution in [0.5, 0.6) is 0 Å². The summed E-state index contributed by atoms with van der Waals surface area (Å²) in [4.78, 5) is 24.8. The topological polar surface area (TPSA) is 72.6 Å². The molecular formula is C13H18N2O3. The van der Waals surface area contributed by atoms with Gasteiger partial charge in [0, 0.05) is 31.8 Å². The summed E-state index contributed by atoms with van der Waals surface area (Å²) in [6, 6.07) is 4.91. The zero-order valence-corrected chi connectivity index (χ0v) is 10.9. The molecule has 0 radical (unpaired) electrons. The summed E-state index contributed by atoms with van der Waals surface area (Å²) in [5.41, 5.74) is 6.86. The number of hydrogen-bond acceptors (Lipinski definition) is 3. The third-order valence-electron chi connectivity index (χ3n) is 2.59. The number of nitrogens with two attached hydrogens (primary N) is 1. The van der Waals surface area contributed by atoms with Crippen molar-refractivity contribution in [2.45, 2.75) is 6.92 Å². The standard InChI is InChI=1S/C13H18N2O3/c1-9-6-10(12(14)16)8-11(7-9)13(17)15(2)4-5-18-3/h6-8H,4-5H2,1-3H3,(H2,14,16). The van der Waals surface area contributed by atoms with Crippen LogP contribution in [0.1, 0.15) is 26.3 Å². The van der Waals surface area contributed by atoms with E-state index >= 15 is 0 Å². The number of likely N-dealkylation sites (N-methyl/N-ethyl adjacent to an activating group) is 1. The van der Waals surface area contributed by atoms with Gasteiger partial charge in [-0.05, 0) is 30.7 Å².